The van der Waals surface area contributed by atoms with Crippen LogP contribution in [0.1, 0.15) is 40.0 Å². The monoisotopic (exact) mass is 188 g/mol. The van der Waals surface area contributed by atoms with Crippen molar-refractivity contribution in [2.45, 2.75) is 45.6 Å². The molecule has 0 aliphatic rings. The average Bonchev–Trinajstić information content (AvgIpc) is 2.00. The van der Waals surface area contributed by atoms with E-state index in [1.165, 1.54) is 0 Å². The Morgan fingerprint density at radius 2 is 2.08 bits per heavy atom. The fourth-order valence-electron chi connectivity index (χ4n) is 1.10. The summed E-state index contributed by atoms with van der Waals surface area (Å²) < 4.78 is 5.25. The van der Waals surface area contributed by atoms with Crippen LogP contribution in [0.4, 0.5) is 0 Å². The summed E-state index contributed by atoms with van der Waals surface area (Å²) in [5, 5.41) is 8.54. The molecular formula is C10H20O3. The Morgan fingerprint density at radius 3 is 2.46 bits per heavy atom. The molecule has 0 amide bonds. The molecule has 0 aromatic rings. The molecule has 0 aliphatic heterocycles. The Hall–Kier alpha value is -0.570. The predicted octanol–water partition coefficient (Wildman–Crippen LogP) is 2.30. The third kappa shape index (κ3) is 6.58. The minimum absolute atomic E-state index is 0.132. The second-order valence-electron chi connectivity index (χ2n) is 4.21. The lowest BCUT2D eigenvalue weighted by molar-refractivity contribution is -0.138. The van der Waals surface area contributed by atoms with E-state index in [1.54, 1.807) is 7.11 Å². The summed E-state index contributed by atoms with van der Waals surface area (Å²) >= 11 is 0. The summed E-state index contributed by atoms with van der Waals surface area (Å²) in [6.45, 7) is 5.99. The minimum Gasteiger partial charge on any atom is -0.481 e. The molecule has 78 valence electrons. The lowest BCUT2D eigenvalue weighted by Gasteiger charge is -2.24. The van der Waals surface area contributed by atoms with Crippen LogP contribution >= 0.6 is 0 Å². The molecule has 3 nitrogen and oxygen atoms in total. The van der Waals surface area contributed by atoms with E-state index in [0.717, 1.165) is 12.8 Å². The van der Waals surface area contributed by atoms with Gasteiger partial charge in [0.1, 0.15) is 0 Å². The van der Waals surface area contributed by atoms with E-state index in [2.05, 4.69) is 0 Å². The summed E-state index contributed by atoms with van der Waals surface area (Å²) in [6, 6.07) is 0. The first-order valence-corrected chi connectivity index (χ1v) is 4.64. The maximum absolute atomic E-state index is 10.4. The lowest BCUT2D eigenvalue weighted by Crippen LogP contribution is -2.23. The standard InChI is InChI=1S/C10H20O3/c1-8(7-9(11)12)5-6-10(2,3)13-4/h8H,5-7H2,1-4H3,(H,11,12). The first-order chi connectivity index (χ1) is 5.87. The quantitative estimate of drug-likeness (QED) is 0.695. The summed E-state index contributed by atoms with van der Waals surface area (Å²) in [5.74, 6) is -0.491. The average molecular weight is 188 g/mol. The van der Waals surface area contributed by atoms with Gasteiger partial charge >= 0.3 is 5.97 Å². The van der Waals surface area contributed by atoms with Crippen LogP contribution in [0.25, 0.3) is 0 Å². The van der Waals surface area contributed by atoms with Crippen LogP contribution < -0.4 is 0 Å². The maximum Gasteiger partial charge on any atom is 0.303 e. The van der Waals surface area contributed by atoms with E-state index in [4.69, 9.17) is 9.84 Å². The SMILES string of the molecule is COC(C)(C)CCC(C)CC(=O)O. The number of rotatable bonds is 6. The van der Waals surface area contributed by atoms with Crippen LogP contribution in [-0.4, -0.2) is 23.8 Å². The van der Waals surface area contributed by atoms with E-state index >= 15 is 0 Å². The van der Waals surface area contributed by atoms with Gasteiger partial charge in [0.2, 0.25) is 0 Å². The lowest BCUT2D eigenvalue weighted by atomic mass is 9.94. The molecule has 0 saturated carbocycles. The number of carboxylic acids is 1. The number of carbonyl (C=O) groups is 1. The number of hydrogen-bond donors (Lipinski definition) is 1. The van der Waals surface area contributed by atoms with Crippen molar-refractivity contribution in [1.82, 2.24) is 0 Å². The van der Waals surface area contributed by atoms with E-state index in [1.807, 2.05) is 20.8 Å². The van der Waals surface area contributed by atoms with Gasteiger partial charge in [-0.25, -0.2) is 0 Å². The Morgan fingerprint density at radius 1 is 1.54 bits per heavy atom. The van der Waals surface area contributed by atoms with Crippen molar-refractivity contribution in [3.05, 3.63) is 0 Å². The molecule has 0 spiro atoms. The van der Waals surface area contributed by atoms with Crippen LogP contribution in [0.5, 0.6) is 0 Å². The first kappa shape index (κ1) is 12.4. The van der Waals surface area contributed by atoms with E-state index in [0.29, 0.717) is 0 Å². The Bertz CT molecular complexity index is 164. The van der Waals surface area contributed by atoms with Gasteiger partial charge in [-0.3, -0.25) is 4.79 Å². The maximum atomic E-state index is 10.4. The van der Waals surface area contributed by atoms with Crippen molar-refractivity contribution in [2.24, 2.45) is 5.92 Å². The number of aliphatic carboxylic acids is 1. The van der Waals surface area contributed by atoms with Crippen molar-refractivity contribution < 1.29 is 14.6 Å². The van der Waals surface area contributed by atoms with Crippen molar-refractivity contribution in [2.75, 3.05) is 7.11 Å². The topological polar surface area (TPSA) is 46.5 Å². The third-order valence-electron chi connectivity index (χ3n) is 2.31. The fraction of sp³-hybridized carbons (Fsp3) is 0.900. The zero-order valence-electron chi connectivity index (χ0n) is 8.96. The molecule has 0 heterocycles. The van der Waals surface area contributed by atoms with Gasteiger partial charge in [-0.15, -0.1) is 0 Å². The molecule has 0 fully saturated rings. The predicted molar refractivity (Wildman–Crippen MR) is 51.7 cm³/mol. The van der Waals surface area contributed by atoms with Crippen molar-refractivity contribution >= 4 is 5.97 Å². The van der Waals surface area contributed by atoms with Crippen LogP contribution in [0.15, 0.2) is 0 Å². The van der Waals surface area contributed by atoms with Gasteiger partial charge in [0, 0.05) is 13.5 Å². The van der Waals surface area contributed by atoms with Crippen molar-refractivity contribution in [3.8, 4) is 0 Å². The summed E-state index contributed by atoms with van der Waals surface area (Å²) in [7, 11) is 1.68. The highest BCUT2D eigenvalue weighted by Crippen LogP contribution is 2.20. The Balaban J connectivity index is 3.69. The van der Waals surface area contributed by atoms with E-state index in [-0.39, 0.29) is 17.9 Å². The second-order valence-corrected chi connectivity index (χ2v) is 4.21. The van der Waals surface area contributed by atoms with E-state index < -0.39 is 5.97 Å². The van der Waals surface area contributed by atoms with Crippen LogP contribution in [0, 0.1) is 5.92 Å². The molecule has 3 heteroatoms. The fourth-order valence-corrected chi connectivity index (χ4v) is 1.10. The molecular weight excluding hydrogens is 168 g/mol. The Labute approximate surface area is 80.1 Å². The molecule has 1 unspecified atom stereocenters. The smallest absolute Gasteiger partial charge is 0.303 e. The normalized spacial score (nSPS) is 14.2. The zero-order chi connectivity index (χ0) is 10.5. The third-order valence-corrected chi connectivity index (χ3v) is 2.31. The summed E-state index contributed by atoms with van der Waals surface area (Å²) in [6.07, 6.45) is 2.05. The van der Waals surface area contributed by atoms with Gasteiger partial charge in [-0.2, -0.15) is 0 Å². The second kappa shape index (κ2) is 5.22. The zero-order valence-corrected chi connectivity index (χ0v) is 8.96. The van der Waals surface area contributed by atoms with Crippen LogP contribution in [-0.2, 0) is 9.53 Å². The molecule has 1 N–H and O–H groups in total. The summed E-state index contributed by atoms with van der Waals surface area (Å²) in [4.78, 5) is 10.4. The van der Waals surface area contributed by atoms with Crippen LogP contribution in [0.3, 0.4) is 0 Å². The van der Waals surface area contributed by atoms with E-state index in [9.17, 15) is 4.79 Å². The molecule has 0 radical (unpaired) electrons. The van der Waals surface area contributed by atoms with Crippen molar-refractivity contribution in [1.29, 1.82) is 0 Å². The Kier molecular flexibility index (Phi) is 4.99. The largest absolute Gasteiger partial charge is 0.481 e. The highest BCUT2D eigenvalue weighted by atomic mass is 16.5. The first-order valence-electron chi connectivity index (χ1n) is 4.64. The molecule has 0 aromatic carbocycles. The molecule has 0 aromatic heterocycles. The molecule has 0 saturated heterocycles. The highest BCUT2D eigenvalue weighted by Gasteiger charge is 2.18. The van der Waals surface area contributed by atoms with Gasteiger partial charge in [0.05, 0.1) is 5.60 Å². The molecule has 1 atom stereocenters. The van der Waals surface area contributed by atoms with Crippen LogP contribution in [0.2, 0.25) is 0 Å². The minimum atomic E-state index is -0.720. The number of methoxy groups -OCH3 is 1. The molecule has 0 bridgehead atoms. The number of ether oxygens (including phenoxy) is 1. The van der Waals surface area contributed by atoms with Gasteiger partial charge < -0.3 is 9.84 Å². The number of carboxylic acid groups (broad SMARTS) is 1. The van der Waals surface area contributed by atoms with Crippen molar-refractivity contribution in [3.63, 3.8) is 0 Å². The highest BCUT2D eigenvalue weighted by molar-refractivity contribution is 5.66. The van der Waals surface area contributed by atoms with Gasteiger partial charge in [0.25, 0.3) is 0 Å². The van der Waals surface area contributed by atoms with Gasteiger partial charge in [0.15, 0.2) is 0 Å². The molecule has 13 heavy (non-hydrogen) atoms. The molecule has 0 aliphatic carbocycles. The number of hydrogen-bond acceptors (Lipinski definition) is 2. The summed E-state index contributed by atoms with van der Waals surface area (Å²) in [5.41, 5.74) is -0.132. The van der Waals surface area contributed by atoms with Gasteiger partial charge in [-0.05, 0) is 32.6 Å². The molecule has 0 rings (SSSR count). The van der Waals surface area contributed by atoms with Gasteiger partial charge in [-0.1, -0.05) is 6.92 Å².